The van der Waals surface area contributed by atoms with Crippen LogP contribution in [0.15, 0.2) is 22.0 Å². The number of anilines is 1. The maximum atomic E-state index is 5.72. The summed E-state index contributed by atoms with van der Waals surface area (Å²) in [4.78, 5) is 4.35. The summed E-state index contributed by atoms with van der Waals surface area (Å²) in [5.74, 6) is 0. The Balaban J connectivity index is 2.20. The highest BCUT2D eigenvalue weighted by Crippen LogP contribution is 2.33. The maximum Gasteiger partial charge on any atom is 0.181 e. The van der Waals surface area contributed by atoms with Gasteiger partial charge in [0.1, 0.15) is 0 Å². The molecule has 0 spiro atoms. The number of nitrogens with zero attached hydrogens (tertiary/aromatic N) is 1. The van der Waals surface area contributed by atoms with Crippen molar-refractivity contribution in [2.45, 2.75) is 12.8 Å². The summed E-state index contributed by atoms with van der Waals surface area (Å²) in [6.45, 7) is 0. The van der Waals surface area contributed by atoms with Crippen molar-refractivity contribution in [1.82, 2.24) is 4.98 Å². The average molecular weight is 307 g/mol. The first kappa shape index (κ1) is 11.0. The minimum atomic E-state index is 0.597. The van der Waals surface area contributed by atoms with Crippen LogP contribution in [0, 0.1) is 0 Å². The molecule has 1 aliphatic carbocycles. The third kappa shape index (κ3) is 2.03. The quantitative estimate of drug-likeness (QED) is 0.879. The zero-order valence-corrected chi connectivity index (χ0v) is 11.5. The number of aromatic nitrogens is 1. The maximum absolute atomic E-state index is 5.72. The van der Waals surface area contributed by atoms with Crippen molar-refractivity contribution >= 4 is 44.6 Å². The molecule has 2 aromatic rings. The van der Waals surface area contributed by atoms with Gasteiger partial charge in [-0.2, -0.15) is 0 Å². The number of benzene rings is 1. The fraction of sp³-hybridized carbons (Fsp3) is 0.154. The summed E-state index contributed by atoms with van der Waals surface area (Å²) in [7, 11) is 0. The van der Waals surface area contributed by atoms with E-state index in [9.17, 15) is 0 Å². The van der Waals surface area contributed by atoms with Crippen LogP contribution in [-0.2, 0) is 0 Å². The van der Waals surface area contributed by atoms with Gasteiger partial charge in [0.05, 0.1) is 9.48 Å². The van der Waals surface area contributed by atoms with Crippen LogP contribution < -0.4 is 16.2 Å². The molecule has 1 aliphatic rings. The summed E-state index contributed by atoms with van der Waals surface area (Å²) in [5, 5.41) is 3.21. The topological polar surface area (TPSA) is 38.9 Å². The molecule has 86 valence electrons. The zero-order chi connectivity index (χ0) is 11.8. The zero-order valence-electron chi connectivity index (χ0n) is 9.11. The summed E-state index contributed by atoms with van der Waals surface area (Å²) < 4.78 is 0.995. The molecule has 0 unspecified atom stereocenters. The molecule has 0 amide bonds. The van der Waals surface area contributed by atoms with Crippen molar-refractivity contribution in [2.75, 3.05) is 5.73 Å². The van der Waals surface area contributed by atoms with Crippen molar-refractivity contribution in [3.8, 4) is 11.3 Å². The lowest BCUT2D eigenvalue weighted by Crippen LogP contribution is -2.26. The number of hydrogen-bond donors (Lipinski definition) is 1. The van der Waals surface area contributed by atoms with Gasteiger partial charge in [-0.05, 0) is 45.3 Å². The van der Waals surface area contributed by atoms with Crippen molar-refractivity contribution in [2.24, 2.45) is 0 Å². The van der Waals surface area contributed by atoms with Gasteiger partial charge in [0, 0.05) is 5.56 Å². The molecule has 1 aromatic carbocycles. The summed E-state index contributed by atoms with van der Waals surface area (Å²) in [6.07, 6.45) is 6.82. The lowest BCUT2D eigenvalue weighted by molar-refractivity contribution is 1.12. The second kappa shape index (κ2) is 4.27. The highest BCUT2D eigenvalue weighted by molar-refractivity contribution is 9.11. The van der Waals surface area contributed by atoms with Gasteiger partial charge in [0.2, 0.25) is 0 Å². The van der Waals surface area contributed by atoms with Gasteiger partial charge in [-0.1, -0.05) is 35.6 Å². The van der Waals surface area contributed by atoms with E-state index in [-0.39, 0.29) is 0 Å². The van der Waals surface area contributed by atoms with Crippen LogP contribution in [0.25, 0.3) is 23.4 Å². The van der Waals surface area contributed by atoms with Gasteiger partial charge in [-0.15, -0.1) is 0 Å². The van der Waals surface area contributed by atoms with Crippen LogP contribution in [0.4, 0.5) is 5.13 Å². The number of fused-ring (bicyclic) bond motifs is 1. The number of halogens is 1. The van der Waals surface area contributed by atoms with Crippen LogP contribution in [0.2, 0.25) is 0 Å². The Morgan fingerprint density at radius 2 is 1.94 bits per heavy atom. The first-order chi connectivity index (χ1) is 8.24. The third-order valence-corrected chi connectivity index (χ3v) is 4.39. The van der Waals surface area contributed by atoms with Crippen molar-refractivity contribution in [3.05, 3.63) is 32.4 Å². The average Bonchev–Trinajstić information content (AvgIpc) is 2.68. The summed E-state index contributed by atoms with van der Waals surface area (Å²) >= 11 is 4.97. The smallest absolute Gasteiger partial charge is 0.181 e. The molecule has 0 fully saturated rings. The van der Waals surface area contributed by atoms with E-state index >= 15 is 0 Å². The van der Waals surface area contributed by atoms with Gasteiger partial charge in [-0.25, -0.2) is 4.98 Å². The number of nitrogens with two attached hydrogens (primary N) is 1. The molecule has 2 nitrogen and oxygen atoms in total. The second-order valence-electron chi connectivity index (χ2n) is 4.00. The summed E-state index contributed by atoms with van der Waals surface area (Å²) in [5.41, 5.74) is 7.78. The molecule has 0 bridgehead atoms. The van der Waals surface area contributed by atoms with Gasteiger partial charge >= 0.3 is 0 Å². The van der Waals surface area contributed by atoms with E-state index in [0.29, 0.717) is 5.13 Å². The van der Waals surface area contributed by atoms with E-state index in [4.69, 9.17) is 5.73 Å². The molecule has 0 radical (unpaired) electrons. The molecule has 0 saturated heterocycles. The van der Waals surface area contributed by atoms with E-state index in [2.05, 4.69) is 51.3 Å². The van der Waals surface area contributed by atoms with Crippen molar-refractivity contribution < 1.29 is 0 Å². The number of rotatable bonds is 1. The lowest BCUT2D eigenvalue weighted by atomic mass is 10.0. The Labute approximate surface area is 112 Å². The molecule has 1 aromatic heterocycles. The second-order valence-corrected chi connectivity index (χ2v) is 6.35. The molecular formula is C13H11BrN2S. The van der Waals surface area contributed by atoms with Crippen LogP contribution in [0.1, 0.15) is 12.8 Å². The number of hydrogen-bond acceptors (Lipinski definition) is 3. The molecule has 0 atom stereocenters. The van der Waals surface area contributed by atoms with Gasteiger partial charge in [0.15, 0.2) is 5.13 Å². The normalized spacial score (nSPS) is 13.7. The standard InChI is InChI=1S/C13H11BrN2S/c14-12-11(16-13(15)17-12)10-6-5-8-3-1-2-4-9(8)7-10/h3-7H,1-2H2,(H2,15,16). The van der Waals surface area contributed by atoms with Gasteiger partial charge in [0.25, 0.3) is 0 Å². The molecule has 3 rings (SSSR count). The monoisotopic (exact) mass is 306 g/mol. The Morgan fingerprint density at radius 1 is 1.18 bits per heavy atom. The fourth-order valence-corrected chi connectivity index (χ4v) is 3.45. The first-order valence-corrected chi connectivity index (χ1v) is 7.07. The number of thiazole rings is 1. The Hall–Kier alpha value is -1.13. The van der Waals surface area contributed by atoms with Crippen LogP contribution in [0.5, 0.6) is 0 Å². The van der Waals surface area contributed by atoms with Gasteiger partial charge in [-0.3, -0.25) is 0 Å². The van der Waals surface area contributed by atoms with E-state index < -0.39 is 0 Å². The third-order valence-electron chi connectivity index (χ3n) is 2.86. The van der Waals surface area contributed by atoms with Crippen LogP contribution in [-0.4, -0.2) is 4.98 Å². The minimum Gasteiger partial charge on any atom is -0.375 e. The molecule has 0 aliphatic heterocycles. The molecule has 4 heteroatoms. The molecule has 1 heterocycles. The van der Waals surface area contributed by atoms with Crippen molar-refractivity contribution in [3.63, 3.8) is 0 Å². The highest BCUT2D eigenvalue weighted by atomic mass is 79.9. The Bertz CT molecular complexity index is 688. The molecule has 0 saturated carbocycles. The predicted octanol–water partition coefficient (Wildman–Crippen LogP) is 2.51. The lowest BCUT2D eigenvalue weighted by Gasteiger charge is -2.02. The predicted molar refractivity (Wildman–Crippen MR) is 77.1 cm³/mol. The summed E-state index contributed by atoms with van der Waals surface area (Å²) in [6, 6.07) is 6.44. The Morgan fingerprint density at radius 3 is 2.65 bits per heavy atom. The molecule has 17 heavy (non-hydrogen) atoms. The largest absolute Gasteiger partial charge is 0.375 e. The molecular weight excluding hydrogens is 296 g/mol. The molecule has 2 N–H and O–H groups in total. The van der Waals surface area contributed by atoms with Crippen molar-refractivity contribution in [1.29, 1.82) is 0 Å². The number of nitrogen functional groups attached to an aromatic ring is 1. The highest BCUT2D eigenvalue weighted by Gasteiger charge is 2.09. The first-order valence-electron chi connectivity index (χ1n) is 5.46. The van der Waals surface area contributed by atoms with E-state index in [0.717, 1.165) is 27.9 Å². The minimum absolute atomic E-state index is 0.597. The fourth-order valence-electron chi connectivity index (χ4n) is 2.06. The van der Waals surface area contributed by atoms with Gasteiger partial charge < -0.3 is 5.73 Å². The Kier molecular flexibility index (Phi) is 2.76. The van der Waals surface area contributed by atoms with Crippen LogP contribution in [0.3, 0.4) is 0 Å². The van der Waals surface area contributed by atoms with E-state index in [1.54, 1.807) is 0 Å². The SMILES string of the molecule is Nc1nc(-c2ccc3c(c2)=CCCC=3)c(Br)s1. The van der Waals surface area contributed by atoms with E-state index in [1.807, 2.05) is 0 Å². The van der Waals surface area contributed by atoms with Crippen LogP contribution >= 0.6 is 27.3 Å². The van der Waals surface area contributed by atoms with E-state index in [1.165, 1.54) is 21.8 Å².